The summed E-state index contributed by atoms with van der Waals surface area (Å²) in [5.41, 5.74) is 0. The van der Waals surface area contributed by atoms with Crippen LogP contribution < -0.4 is 0 Å². The van der Waals surface area contributed by atoms with Gasteiger partial charge in [-0.25, -0.2) is 4.79 Å². The molecule has 1 saturated carbocycles. The second kappa shape index (κ2) is 2.35. The van der Waals surface area contributed by atoms with Crippen molar-refractivity contribution in [2.75, 3.05) is 0 Å². The van der Waals surface area contributed by atoms with Crippen molar-refractivity contribution in [1.82, 2.24) is 0 Å². The minimum atomic E-state index is -1.13. The van der Waals surface area contributed by atoms with Crippen molar-refractivity contribution in [3.8, 4) is 0 Å². The summed E-state index contributed by atoms with van der Waals surface area (Å²) in [5, 5.41) is 16.9. The maximum absolute atomic E-state index is 10.0. The van der Waals surface area contributed by atoms with Gasteiger partial charge < -0.3 is 10.2 Å². The number of hydrogen-bond acceptors (Lipinski definition) is 2. The minimum absolute atomic E-state index is 0.440. The van der Waals surface area contributed by atoms with E-state index in [1.54, 1.807) is 0 Å². The molecule has 0 aromatic heterocycles. The maximum Gasteiger partial charge on any atom is 0.332 e. The fourth-order valence-electron chi connectivity index (χ4n) is 0.770. The quantitative estimate of drug-likeness (QED) is 0.575. The van der Waals surface area contributed by atoms with E-state index in [0.717, 1.165) is 12.8 Å². The molecule has 0 aromatic rings. The Balaban J connectivity index is 2.16. The summed E-state index contributed by atoms with van der Waals surface area (Å²) in [7, 11) is 0. The first kappa shape index (κ1) is 6.55. The first-order valence-electron chi connectivity index (χ1n) is 3.11. The first-order chi connectivity index (χ1) is 4.20. The highest BCUT2D eigenvalue weighted by molar-refractivity contribution is 5.71. The predicted octanol–water partition coefficient (Wildman–Crippen LogP) is 0.232. The Kier molecular flexibility index (Phi) is 1.71. The number of aliphatic carboxylic acids is 1. The highest BCUT2D eigenvalue weighted by atomic mass is 16.4. The molecule has 0 aromatic carbocycles. The Labute approximate surface area is 53.3 Å². The highest BCUT2D eigenvalue weighted by Gasteiger charge is 2.27. The van der Waals surface area contributed by atoms with Crippen LogP contribution in [0.3, 0.4) is 0 Å². The van der Waals surface area contributed by atoms with Crippen LogP contribution in [0.25, 0.3) is 0 Å². The van der Waals surface area contributed by atoms with E-state index < -0.39 is 12.1 Å². The van der Waals surface area contributed by atoms with E-state index in [4.69, 9.17) is 10.2 Å². The summed E-state index contributed by atoms with van der Waals surface area (Å²) in [6.45, 7) is 0. The molecule has 1 fully saturated rings. The summed E-state index contributed by atoms with van der Waals surface area (Å²) in [5.74, 6) is -0.613. The minimum Gasteiger partial charge on any atom is -0.479 e. The Morgan fingerprint density at radius 3 is 2.56 bits per heavy atom. The molecule has 2 N–H and O–H groups in total. The lowest BCUT2D eigenvalue weighted by molar-refractivity contribution is -0.147. The van der Waals surface area contributed by atoms with Crippen molar-refractivity contribution in [3.63, 3.8) is 0 Å². The van der Waals surface area contributed by atoms with E-state index in [9.17, 15) is 4.79 Å². The third kappa shape index (κ3) is 2.01. The lowest BCUT2D eigenvalue weighted by Gasteiger charge is -2.00. The molecule has 1 atom stereocenters. The standard InChI is InChI=1S/C6H10O3/c7-5(6(8)9)3-4-1-2-4/h4-5,7H,1-3H2,(H,8,9)/t5-/m0/s1. The molecule has 9 heavy (non-hydrogen) atoms. The van der Waals surface area contributed by atoms with Crippen molar-refractivity contribution in [1.29, 1.82) is 0 Å². The van der Waals surface area contributed by atoms with Crippen LogP contribution in [-0.4, -0.2) is 22.3 Å². The number of carboxylic acids is 1. The normalized spacial score (nSPS) is 21.4. The van der Waals surface area contributed by atoms with Gasteiger partial charge in [0, 0.05) is 0 Å². The van der Waals surface area contributed by atoms with E-state index in [-0.39, 0.29) is 0 Å². The van der Waals surface area contributed by atoms with Crippen LogP contribution in [0.4, 0.5) is 0 Å². The molecule has 0 bridgehead atoms. The van der Waals surface area contributed by atoms with Crippen LogP contribution in [0.2, 0.25) is 0 Å². The summed E-state index contributed by atoms with van der Waals surface area (Å²) >= 11 is 0. The number of aliphatic hydroxyl groups excluding tert-OH is 1. The molecule has 1 aliphatic carbocycles. The van der Waals surface area contributed by atoms with Gasteiger partial charge >= 0.3 is 5.97 Å². The van der Waals surface area contributed by atoms with E-state index in [1.807, 2.05) is 0 Å². The molecule has 0 saturated heterocycles. The third-order valence-electron chi connectivity index (χ3n) is 1.54. The van der Waals surface area contributed by atoms with Gasteiger partial charge in [-0.05, 0) is 12.3 Å². The second-order valence-corrected chi connectivity index (χ2v) is 2.53. The van der Waals surface area contributed by atoms with Crippen LogP contribution in [0, 0.1) is 5.92 Å². The third-order valence-corrected chi connectivity index (χ3v) is 1.54. The maximum atomic E-state index is 10.0. The van der Waals surface area contributed by atoms with Crippen molar-refractivity contribution >= 4 is 5.97 Å². The molecule has 0 radical (unpaired) electrons. The topological polar surface area (TPSA) is 57.5 Å². The van der Waals surface area contributed by atoms with Gasteiger partial charge in [-0.1, -0.05) is 12.8 Å². The van der Waals surface area contributed by atoms with Crippen molar-refractivity contribution in [3.05, 3.63) is 0 Å². The monoisotopic (exact) mass is 130 g/mol. The van der Waals surface area contributed by atoms with Crippen LogP contribution in [0.5, 0.6) is 0 Å². The largest absolute Gasteiger partial charge is 0.479 e. The van der Waals surface area contributed by atoms with E-state index >= 15 is 0 Å². The zero-order valence-electron chi connectivity index (χ0n) is 5.08. The zero-order chi connectivity index (χ0) is 6.85. The fraction of sp³-hybridized carbons (Fsp3) is 0.833. The zero-order valence-corrected chi connectivity index (χ0v) is 5.08. The van der Waals surface area contributed by atoms with E-state index in [2.05, 4.69) is 0 Å². The summed E-state index contributed by atoms with van der Waals surface area (Å²) in [4.78, 5) is 10.0. The summed E-state index contributed by atoms with van der Waals surface area (Å²) in [6.07, 6.45) is 1.49. The van der Waals surface area contributed by atoms with E-state index in [1.165, 1.54) is 0 Å². The first-order valence-corrected chi connectivity index (χ1v) is 3.11. The number of aliphatic hydroxyl groups is 1. The smallest absolute Gasteiger partial charge is 0.332 e. The molecule has 3 heteroatoms. The van der Waals surface area contributed by atoms with Gasteiger partial charge in [-0.3, -0.25) is 0 Å². The van der Waals surface area contributed by atoms with Gasteiger partial charge in [-0.15, -0.1) is 0 Å². The molecule has 0 unspecified atom stereocenters. The number of carbonyl (C=O) groups is 1. The van der Waals surface area contributed by atoms with E-state index in [0.29, 0.717) is 12.3 Å². The average molecular weight is 130 g/mol. The Morgan fingerprint density at radius 2 is 2.22 bits per heavy atom. The van der Waals surface area contributed by atoms with Crippen molar-refractivity contribution < 1.29 is 15.0 Å². The molecule has 0 aliphatic heterocycles. The molecule has 1 aliphatic rings. The fourth-order valence-corrected chi connectivity index (χ4v) is 0.770. The highest BCUT2D eigenvalue weighted by Crippen LogP contribution is 2.33. The van der Waals surface area contributed by atoms with Gasteiger partial charge in [-0.2, -0.15) is 0 Å². The Bertz CT molecular complexity index is 117. The van der Waals surface area contributed by atoms with Gasteiger partial charge in [0.1, 0.15) is 0 Å². The molecular weight excluding hydrogens is 120 g/mol. The second-order valence-electron chi connectivity index (χ2n) is 2.53. The predicted molar refractivity (Wildman–Crippen MR) is 31.0 cm³/mol. The Morgan fingerprint density at radius 1 is 1.67 bits per heavy atom. The van der Waals surface area contributed by atoms with Gasteiger partial charge in [0.15, 0.2) is 6.10 Å². The molecule has 0 heterocycles. The molecule has 1 rings (SSSR count). The lowest BCUT2D eigenvalue weighted by Crippen LogP contribution is -2.19. The summed E-state index contributed by atoms with van der Waals surface area (Å²) in [6, 6.07) is 0. The molecule has 0 spiro atoms. The van der Waals surface area contributed by atoms with Gasteiger partial charge in [0.05, 0.1) is 0 Å². The average Bonchev–Trinajstić information content (AvgIpc) is 2.50. The Hall–Kier alpha value is -0.570. The van der Waals surface area contributed by atoms with Crippen molar-refractivity contribution in [2.24, 2.45) is 5.92 Å². The lowest BCUT2D eigenvalue weighted by atomic mass is 10.2. The van der Waals surface area contributed by atoms with Crippen LogP contribution in [-0.2, 0) is 4.79 Å². The summed E-state index contributed by atoms with van der Waals surface area (Å²) < 4.78 is 0. The van der Waals surface area contributed by atoms with Crippen LogP contribution >= 0.6 is 0 Å². The number of hydrogen-bond donors (Lipinski definition) is 2. The van der Waals surface area contributed by atoms with Crippen molar-refractivity contribution in [2.45, 2.75) is 25.4 Å². The SMILES string of the molecule is O=C(O)[C@@H](O)CC1CC1. The number of carboxylic acid groups (broad SMARTS) is 1. The number of rotatable bonds is 3. The van der Waals surface area contributed by atoms with Crippen LogP contribution in [0.1, 0.15) is 19.3 Å². The van der Waals surface area contributed by atoms with Gasteiger partial charge in [0.2, 0.25) is 0 Å². The molecule has 0 amide bonds. The molecular formula is C6H10O3. The molecule has 52 valence electrons. The molecule has 3 nitrogen and oxygen atoms in total. The van der Waals surface area contributed by atoms with Crippen LogP contribution in [0.15, 0.2) is 0 Å². The van der Waals surface area contributed by atoms with Gasteiger partial charge in [0.25, 0.3) is 0 Å².